The van der Waals surface area contributed by atoms with E-state index >= 15 is 0 Å². The van der Waals surface area contributed by atoms with Crippen LogP contribution in [0.2, 0.25) is 0 Å². The number of aliphatic hydroxyl groups is 1. The van der Waals surface area contributed by atoms with Crippen LogP contribution in [0.25, 0.3) is 0 Å². The van der Waals surface area contributed by atoms with Crippen LogP contribution in [-0.4, -0.2) is 19.3 Å². The molecule has 3 nitrogen and oxygen atoms in total. The quantitative estimate of drug-likeness (QED) is 0.827. The van der Waals surface area contributed by atoms with Crippen LogP contribution in [0.5, 0.6) is 11.5 Å². The summed E-state index contributed by atoms with van der Waals surface area (Å²) in [6.45, 7) is 0.0780. The maximum atomic E-state index is 9.03. The second kappa shape index (κ2) is 7.22. The Hall–Kier alpha value is -1.65. The van der Waals surface area contributed by atoms with Gasteiger partial charge in [0.05, 0.1) is 20.8 Å². The van der Waals surface area contributed by atoms with Crippen LogP contribution < -0.4 is 9.47 Å². The lowest BCUT2D eigenvalue weighted by Crippen LogP contribution is -1.92. The Morgan fingerprint density at radius 2 is 1.75 bits per heavy atom. The van der Waals surface area contributed by atoms with E-state index in [1.165, 1.54) is 0 Å². The van der Waals surface area contributed by atoms with Gasteiger partial charge in [0.15, 0.2) is 0 Å². The summed E-state index contributed by atoms with van der Waals surface area (Å²) in [7, 11) is 3.33. The summed E-state index contributed by atoms with van der Waals surface area (Å²) >= 11 is 1.72. The third-order valence-electron chi connectivity index (χ3n) is 2.99. The molecule has 0 aliphatic carbocycles. The monoisotopic (exact) mass is 290 g/mol. The van der Waals surface area contributed by atoms with E-state index in [0.29, 0.717) is 0 Å². The third-order valence-corrected chi connectivity index (χ3v) is 4.05. The number of hydrogen-bond acceptors (Lipinski definition) is 4. The standard InChI is InChI=1S/C16H18O3S/c1-18-14-5-8-16(19-2)13(9-14)11-20-15-6-3-12(10-17)4-7-15/h3-9,17H,10-11H2,1-2H3. The first-order valence-electron chi connectivity index (χ1n) is 6.30. The molecule has 4 heteroatoms. The number of hydrogen-bond donors (Lipinski definition) is 1. The highest BCUT2D eigenvalue weighted by molar-refractivity contribution is 7.98. The highest BCUT2D eigenvalue weighted by Crippen LogP contribution is 2.30. The van der Waals surface area contributed by atoms with Crippen molar-refractivity contribution in [1.29, 1.82) is 0 Å². The molecule has 0 bridgehead atoms. The zero-order valence-electron chi connectivity index (χ0n) is 11.6. The zero-order chi connectivity index (χ0) is 14.4. The predicted molar refractivity (Wildman–Crippen MR) is 81.5 cm³/mol. The summed E-state index contributed by atoms with van der Waals surface area (Å²) in [6, 6.07) is 13.7. The lowest BCUT2D eigenvalue weighted by Gasteiger charge is -2.10. The van der Waals surface area contributed by atoms with Crippen LogP contribution in [-0.2, 0) is 12.4 Å². The van der Waals surface area contributed by atoms with Crippen molar-refractivity contribution < 1.29 is 14.6 Å². The predicted octanol–water partition coefficient (Wildman–Crippen LogP) is 3.49. The van der Waals surface area contributed by atoms with Gasteiger partial charge in [0.2, 0.25) is 0 Å². The van der Waals surface area contributed by atoms with E-state index in [-0.39, 0.29) is 6.61 Å². The van der Waals surface area contributed by atoms with Gasteiger partial charge in [-0.25, -0.2) is 0 Å². The van der Waals surface area contributed by atoms with Crippen molar-refractivity contribution in [3.05, 3.63) is 53.6 Å². The molecule has 0 radical (unpaired) electrons. The average Bonchev–Trinajstić information content (AvgIpc) is 2.53. The summed E-state index contributed by atoms with van der Waals surface area (Å²) in [5.41, 5.74) is 2.02. The minimum atomic E-state index is 0.0780. The Morgan fingerprint density at radius 3 is 2.35 bits per heavy atom. The molecule has 0 unspecified atom stereocenters. The lowest BCUT2D eigenvalue weighted by molar-refractivity contribution is 0.282. The van der Waals surface area contributed by atoms with E-state index in [1.54, 1.807) is 26.0 Å². The van der Waals surface area contributed by atoms with Crippen molar-refractivity contribution in [2.24, 2.45) is 0 Å². The van der Waals surface area contributed by atoms with Crippen molar-refractivity contribution >= 4 is 11.8 Å². The highest BCUT2D eigenvalue weighted by Gasteiger charge is 2.06. The molecule has 2 aromatic carbocycles. The van der Waals surface area contributed by atoms with Gasteiger partial charge in [-0.05, 0) is 35.9 Å². The van der Waals surface area contributed by atoms with E-state index < -0.39 is 0 Å². The molecule has 1 N–H and O–H groups in total. The van der Waals surface area contributed by atoms with Gasteiger partial charge in [-0.3, -0.25) is 0 Å². The van der Waals surface area contributed by atoms with Crippen molar-refractivity contribution in [2.45, 2.75) is 17.3 Å². The third kappa shape index (κ3) is 3.68. The Labute approximate surface area is 123 Å². The molecule has 0 spiro atoms. The Kier molecular flexibility index (Phi) is 5.32. The van der Waals surface area contributed by atoms with Crippen molar-refractivity contribution in [2.75, 3.05) is 14.2 Å². The summed E-state index contributed by atoms with van der Waals surface area (Å²) in [4.78, 5) is 1.16. The fraction of sp³-hybridized carbons (Fsp3) is 0.250. The smallest absolute Gasteiger partial charge is 0.123 e. The van der Waals surface area contributed by atoms with E-state index in [2.05, 4.69) is 0 Å². The first-order chi connectivity index (χ1) is 9.76. The van der Waals surface area contributed by atoms with E-state index in [1.807, 2.05) is 42.5 Å². The molecular formula is C16H18O3S. The number of ether oxygens (including phenoxy) is 2. The molecule has 2 rings (SSSR count). The number of methoxy groups -OCH3 is 2. The van der Waals surface area contributed by atoms with Crippen LogP contribution in [0.15, 0.2) is 47.4 Å². The molecule has 0 aliphatic heterocycles. The minimum absolute atomic E-state index is 0.0780. The number of benzene rings is 2. The molecule has 0 aliphatic rings. The molecule has 0 saturated heterocycles. The average molecular weight is 290 g/mol. The number of thioether (sulfide) groups is 1. The SMILES string of the molecule is COc1ccc(OC)c(CSc2ccc(CO)cc2)c1. The number of aliphatic hydroxyl groups excluding tert-OH is 1. The molecule has 2 aromatic rings. The second-order valence-electron chi connectivity index (χ2n) is 4.27. The van der Waals surface area contributed by atoms with Gasteiger partial charge in [-0.2, -0.15) is 0 Å². The summed E-state index contributed by atoms with van der Waals surface area (Å²) in [5.74, 6) is 2.50. The van der Waals surface area contributed by atoms with E-state index in [9.17, 15) is 0 Å². The van der Waals surface area contributed by atoms with Gasteiger partial charge < -0.3 is 14.6 Å². The van der Waals surface area contributed by atoms with Gasteiger partial charge in [-0.15, -0.1) is 11.8 Å². The molecular weight excluding hydrogens is 272 g/mol. The molecule has 20 heavy (non-hydrogen) atoms. The first kappa shape index (κ1) is 14.8. The van der Waals surface area contributed by atoms with E-state index in [4.69, 9.17) is 14.6 Å². The topological polar surface area (TPSA) is 38.7 Å². The molecule has 0 saturated carbocycles. The van der Waals surface area contributed by atoms with Gasteiger partial charge in [0.1, 0.15) is 11.5 Å². The van der Waals surface area contributed by atoms with Crippen LogP contribution in [0.3, 0.4) is 0 Å². The largest absolute Gasteiger partial charge is 0.497 e. The van der Waals surface area contributed by atoms with Crippen LogP contribution in [0, 0.1) is 0 Å². The summed E-state index contributed by atoms with van der Waals surface area (Å²) < 4.78 is 10.6. The van der Waals surface area contributed by atoms with Gasteiger partial charge in [-0.1, -0.05) is 12.1 Å². The van der Waals surface area contributed by atoms with Gasteiger partial charge >= 0.3 is 0 Å². The van der Waals surface area contributed by atoms with Crippen molar-refractivity contribution in [3.8, 4) is 11.5 Å². The lowest BCUT2D eigenvalue weighted by atomic mass is 10.2. The van der Waals surface area contributed by atoms with Gasteiger partial charge in [0.25, 0.3) is 0 Å². The van der Waals surface area contributed by atoms with Crippen LogP contribution >= 0.6 is 11.8 Å². The molecule has 0 atom stereocenters. The summed E-state index contributed by atoms with van der Waals surface area (Å²) in [5, 5.41) is 9.03. The Morgan fingerprint density at radius 1 is 1.00 bits per heavy atom. The molecule has 0 heterocycles. The van der Waals surface area contributed by atoms with Gasteiger partial charge in [0, 0.05) is 16.2 Å². The first-order valence-corrected chi connectivity index (χ1v) is 7.29. The van der Waals surface area contributed by atoms with Crippen molar-refractivity contribution in [1.82, 2.24) is 0 Å². The molecule has 106 valence electrons. The van der Waals surface area contributed by atoms with Crippen LogP contribution in [0.1, 0.15) is 11.1 Å². The second-order valence-corrected chi connectivity index (χ2v) is 5.32. The Bertz CT molecular complexity index is 552. The maximum absolute atomic E-state index is 9.03. The molecule has 0 aromatic heterocycles. The summed E-state index contributed by atoms with van der Waals surface area (Å²) in [6.07, 6.45) is 0. The number of rotatable bonds is 6. The fourth-order valence-corrected chi connectivity index (χ4v) is 2.72. The maximum Gasteiger partial charge on any atom is 0.123 e. The normalized spacial score (nSPS) is 10.3. The fourth-order valence-electron chi connectivity index (χ4n) is 1.85. The van der Waals surface area contributed by atoms with E-state index in [0.717, 1.165) is 33.3 Å². The zero-order valence-corrected chi connectivity index (χ0v) is 12.4. The molecule has 0 fully saturated rings. The highest BCUT2D eigenvalue weighted by atomic mass is 32.2. The minimum Gasteiger partial charge on any atom is -0.497 e. The van der Waals surface area contributed by atoms with Crippen LogP contribution in [0.4, 0.5) is 0 Å². The molecule has 0 amide bonds. The Balaban J connectivity index is 2.08. The van der Waals surface area contributed by atoms with Crippen molar-refractivity contribution in [3.63, 3.8) is 0 Å².